The topological polar surface area (TPSA) is 48.1 Å². The van der Waals surface area contributed by atoms with Crippen molar-refractivity contribution in [1.29, 1.82) is 0 Å². The maximum atomic E-state index is 5.74. The molecular weight excluding hydrogens is 188 g/mol. The van der Waals surface area contributed by atoms with Gasteiger partial charge in [0, 0.05) is 18.3 Å². The Kier molecular flexibility index (Phi) is 4.72. The molecule has 3 nitrogen and oxygen atoms in total. The van der Waals surface area contributed by atoms with E-state index in [1.165, 1.54) is 0 Å². The number of rotatable bonds is 5. The molecule has 0 aliphatic rings. The van der Waals surface area contributed by atoms with Crippen LogP contribution in [0.4, 0.5) is 0 Å². The smallest absolute Gasteiger partial charge is 0.0738 e. The third-order valence-corrected chi connectivity index (χ3v) is 2.62. The van der Waals surface area contributed by atoms with Crippen LogP contribution in [0.2, 0.25) is 0 Å². The monoisotopic (exact) mass is 208 g/mol. The average Bonchev–Trinajstić information content (AvgIpc) is 2.26. The van der Waals surface area contributed by atoms with Gasteiger partial charge in [-0.2, -0.15) is 0 Å². The average molecular weight is 208 g/mol. The van der Waals surface area contributed by atoms with Crippen molar-refractivity contribution in [1.82, 2.24) is 4.98 Å². The minimum atomic E-state index is 0.260. The van der Waals surface area contributed by atoms with Crippen molar-refractivity contribution < 1.29 is 4.74 Å². The van der Waals surface area contributed by atoms with E-state index in [0.717, 1.165) is 11.3 Å². The molecule has 0 amide bonds. The third kappa shape index (κ3) is 3.61. The molecule has 0 spiro atoms. The van der Waals surface area contributed by atoms with Crippen LogP contribution in [0.1, 0.15) is 32.0 Å². The lowest BCUT2D eigenvalue weighted by atomic mass is 10.1. The minimum Gasteiger partial charge on any atom is -0.373 e. The predicted molar refractivity (Wildman–Crippen MR) is 61.2 cm³/mol. The summed E-state index contributed by atoms with van der Waals surface area (Å²) in [7, 11) is 0. The van der Waals surface area contributed by atoms with Crippen LogP contribution in [-0.4, -0.2) is 11.1 Å². The highest BCUT2D eigenvalue weighted by Crippen LogP contribution is 2.11. The number of hydrogen-bond donors (Lipinski definition) is 1. The molecule has 1 unspecified atom stereocenters. The van der Waals surface area contributed by atoms with Gasteiger partial charge in [-0.05, 0) is 18.9 Å². The maximum Gasteiger partial charge on any atom is 0.0738 e. The van der Waals surface area contributed by atoms with Gasteiger partial charge in [0.2, 0.25) is 0 Å². The minimum absolute atomic E-state index is 0.260. The molecule has 2 N–H and O–H groups in total. The highest BCUT2D eigenvalue weighted by atomic mass is 16.5. The van der Waals surface area contributed by atoms with Crippen LogP contribution in [0.5, 0.6) is 0 Å². The van der Waals surface area contributed by atoms with E-state index in [-0.39, 0.29) is 6.10 Å². The van der Waals surface area contributed by atoms with Crippen molar-refractivity contribution in [3.8, 4) is 0 Å². The molecule has 0 saturated heterocycles. The molecule has 0 aliphatic heterocycles. The van der Waals surface area contributed by atoms with Crippen LogP contribution in [0, 0.1) is 5.92 Å². The number of aromatic nitrogens is 1. The molecule has 0 saturated carbocycles. The normalized spacial score (nSPS) is 13.1. The van der Waals surface area contributed by atoms with E-state index in [4.69, 9.17) is 10.5 Å². The van der Waals surface area contributed by atoms with Crippen molar-refractivity contribution in [2.75, 3.05) is 0 Å². The van der Waals surface area contributed by atoms with Gasteiger partial charge < -0.3 is 10.5 Å². The Labute approximate surface area is 91.7 Å². The Hall–Kier alpha value is -0.930. The number of ether oxygens (including phenoxy) is 1. The SMILES string of the molecule is CC(C)C(C)OCc1cccnc1CN. The lowest BCUT2D eigenvalue weighted by Crippen LogP contribution is -2.16. The number of nitrogens with two attached hydrogens (primary N) is 1. The number of pyridine rings is 1. The van der Waals surface area contributed by atoms with Crippen LogP contribution in [0.25, 0.3) is 0 Å². The zero-order valence-electron chi connectivity index (χ0n) is 9.73. The first-order valence-electron chi connectivity index (χ1n) is 5.39. The number of hydrogen-bond acceptors (Lipinski definition) is 3. The Morgan fingerprint density at radius 3 is 2.73 bits per heavy atom. The quantitative estimate of drug-likeness (QED) is 0.806. The fourth-order valence-electron chi connectivity index (χ4n) is 1.20. The lowest BCUT2D eigenvalue weighted by Gasteiger charge is -2.17. The highest BCUT2D eigenvalue weighted by molar-refractivity contribution is 5.18. The molecule has 84 valence electrons. The molecule has 0 bridgehead atoms. The fraction of sp³-hybridized carbons (Fsp3) is 0.583. The highest BCUT2D eigenvalue weighted by Gasteiger charge is 2.08. The van der Waals surface area contributed by atoms with Crippen molar-refractivity contribution in [2.45, 2.75) is 40.0 Å². The van der Waals surface area contributed by atoms with Gasteiger partial charge in [-0.15, -0.1) is 0 Å². The maximum absolute atomic E-state index is 5.74. The number of nitrogens with zero attached hydrogens (tertiary/aromatic N) is 1. The zero-order chi connectivity index (χ0) is 11.3. The molecule has 0 aliphatic carbocycles. The van der Waals surface area contributed by atoms with Crippen LogP contribution in [-0.2, 0) is 17.9 Å². The summed E-state index contributed by atoms with van der Waals surface area (Å²) >= 11 is 0. The van der Waals surface area contributed by atoms with Gasteiger partial charge in [-0.1, -0.05) is 19.9 Å². The first kappa shape index (κ1) is 12.1. The summed E-state index contributed by atoms with van der Waals surface area (Å²) in [4.78, 5) is 4.21. The predicted octanol–water partition coefficient (Wildman–Crippen LogP) is 2.10. The van der Waals surface area contributed by atoms with Gasteiger partial charge >= 0.3 is 0 Å². The standard InChI is InChI=1S/C12H20N2O/c1-9(2)10(3)15-8-11-5-4-6-14-12(11)7-13/h4-6,9-10H,7-8,13H2,1-3H3. The van der Waals surface area contributed by atoms with Crippen molar-refractivity contribution in [3.05, 3.63) is 29.6 Å². The molecule has 1 heterocycles. The van der Waals surface area contributed by atoms with Gasteiger partial charge in [-0.25, -0.2) is 0 Å². The second-order valence-corrected chi connectivity index (χ2v) is 4.07. The molecule has 1 aromatic heterocycles. The summed E-state index contributed by atoms with van der Waals surface area (Å²) in [5, 5.41) is 0. The van der Waals surface area contributed by atoms with E-state index >= 15 is 0 Å². The van der Waals surface area contributed by atoms with E-state index in [1.54, 1.807) is 6.20 Å². The van der Waals surface area contributed by atoms with Gasteiger partial charge in [0.1, 0.15) is 0 Å². The molecule has 0 radical (unpaired) electrons. The van der Waals surface area contributed by atoms with E-state index in [9.17, 15) is 0 Å². The summed E-state index contributed by atoms with van der Waals surface area (Å²) in [5.41, 5.74) is 7.61. The van der Waals surface area contributed by atoms with Gasteiger partial charge in [0.15, 0.2) is 0 Å². The van der Waals surface area contributed by atoms with E-state index in [0.29, 0.717) is 19.1 Å². The van der Waals surface area contributed by atoms with E-state index in [2.05, 4.69) is 25.8 Å². The van der Waals surface area contributed by atoms with Crippen LogP contribution in [0.15, 0.2) is 18.3 Å². The Bertz CT molecular complexity index is 299. The van der Waals surface area contributed by atoms with Crippen molar-refractivity contribution in [3.63, 3.8) is 0 Å². The first-order chi connectivity index (χ1) is 7.15. The first-order valence-corrected chi connectivity index (χ1v) is 5.39. The largest absolute Gasteiger partial charge is 0.373 e. The molecule has 15 heavy (non-hydrogen) atoms. The van der Waals surface area contributed by atoms with E-state index < -0.39 is 0 Å². The molecule has 3 heteroatoms. The zero-order valence-corrected chi connectivity index (χ0v) is 9.73. The van der Waals surface area contributed by atoms with Gasteiger partial charge in [0.25, 0.3) is 0 Å². The molecule has 1 rings (SSSR count). The summed E-state index contributed by atoms with van der Waals surface area (Å²) < 4.78 is 5.74. The molecular formula is C12H20N2O. The van der Waals surface area contributed by atoms with Crippen molar-refractivity contribution >= 4 is 0 Å². The van der Waals surface area contributed by atoms with Crippen molar-refractivity contribution in [2.24, 2.45) is 11.7 Å². The summed E-state index contributed by atoms with van der Waals surface area (Å²) in [6.07, 6.45) is 2.02. The molecule has 1 aromatic rings. The van der Waals surface area contributed by atoms with Gasteiger partial charge in [0.05, 0.1) is 18.4 Å². The molecule has 1 atom stereocenters. The second kappa shape index (κ2) is 5.83. The van der Waals surface area contributed by atoms with Crippen LogP contribution >= 0.6 is 0 Å². The van der Waals surface area contributed by atoms with Gasteiger partial charge in [-0.3, -0.25) is 4.98 Å². The molecule has 0 fully saturated rings. The van der Waals surface area contributed by atoms with Crippen LogP contribution in [0.3, 0.4) is 0 Å². The third-order valence-electron chi connectivity index (χ3n) is 2.62. The summed E-state index contributed by atoms with van der Waals surface area (Å²) in [6, 6.07) is 3.93. The lowest BCUT2D eigenvalue weighted by molar-refractivity contribution is 0.0230. The summed E-state index contributed by atoms with van der Waals surface area (Å²) in [6.45, 7) is 7.45. The second-order valence-electron chi connectivity index (χ2n) is 4.07. The van der Waals surface area contributed by atoms with Crippen LogP contribution < -0.4 is 5.73 Å². The summed E-state index contributed by atoms with van der Waals surface area (Å²) in [5.74, 6) is 0.531. The van der Waals surface area contributed by atoms with E-state index in [1.807, 2.05) is 12.1 Å². The Morgan fingerprint density at radius 2 is 2.13 bits per heavy atom. The Balaban J connectivity index is 2.57. The molecule has 0 aromatic carbocycles. The fourth-order valence-corrected chi connectivity index (χ4v) is 1.20. The Morgan fingerprint density at radius 1 is 1.40 bits per heavy atom.